The van der Waals surface area contributed by atoms with Crippen molar-refractivity contribution in [1.29, 1.82) is 0 Å². The first-order chi connectivity index (χ1) is 9.21. The average molecular weight is 287 g/mol. The lowest BCUT2D eigenvalue weighted by atomic mass is 10.2. The second kappa shape index (κ2) is 8.47. The zero-order valence-electron chi connectivity index (χ0n) is 12.6. The average Bonchev–Trinajstić information content (AvgIpc) is 2.89. The fourth-order valence-electron chi connectivity index (χ4n) is 2.19. The third-order valence-electron chi connectivity index (χ3n) is 3.43. The molecule has 0 atom stereocenters. The standard InChI is InChI=1S/C13H26N2O3Si/c1-5-6-8-13-14-9-11-15(13)10-7-12-19(16-2,17-3)18-4/h9,11H,5-8,10,12H2,1-4H3/p+1. The van der Waals surface area contributed by atoms with Crippen LogP contribution in [0, 0.1) is 0 Å². The predicted octanol–water partition coefficient (Wildman–Crippen LogP) is 1.91. The molecule has 0 aliphatic heterocycles. The minimum atomic E-state index is -2.42. The van der Waals surface area contributed by atoms with Crippen molar-refractivity contribution in [1.82, 2.24) is 4.98 Å². The summed E-state index contributed by atoms with van der Waals surface area (Å²) in [5.41, 5.74) is 0. The highest BCUT2D eigenvalue weighted by atomic mass is 28.4. The van der Waals surface area contributed by atoms with Crippen molar-refractivity contribution >= 4 is 8.80 Å². The molecular formula is C13H27N2O3Si+. The molecule has 1 N–H and O–H groups in total. The maximum Gasteiger partial charge on any atom is 0.500 e. The van der Waals surface area contributed by atoms with Crippen LogP contribution in [0.5, 0.6) is 0 Å². The van der Waals surface area contributed by atoms with E-state index in [1.165, 1.54) is 18.7 Å². The molecule has 1 aromatic heterocycles. The summed E-state index contributed by atoms with van der Waals surface area (Å²) < 4.78 is 18.6. The van der Waals surface area contributed by atoms with E-state index in [2.05, 4.69) is 22.7 Å². The molecule has 0 amide bonds. The molecular weight excluding hydrogens is 260 g/mol. The highest BCUT2D eigenvalue weighted by Gasteiger charge is 2.37. The lowest BCUT2D eigenvalue weighted by Gasteiger charge is -2.23. The second-order valence-corrected chi connectivity index (χ2v) is 7.69. The van der Waals surface area contributed by atoms with E-state index in [0.29, 0.717) is 0 Å². The lowest BCUT2D eigenvalue weighted by molar-refractivity contribution is -0.703. The van der Waals surface area contributed by atoms with Gasteiger partial charge in [-0.3, -0.25) is 0 Å². The van der Waals surface area contributed by atoms with E-state index in [1.807, 2.05) is 6.20 Å². The first kappa shape index (κ1) is 16.4. The van der Waals surface area contributed by atoms with Gasteiger partial charge in [0.15, 0.2) is 0 Å². The quantitative estimate of drug-likeness (QED) is 0.528. The zero-order chi connectivity index (χ0) is 14.1. The Hall–Kier alpha value is -0.693. The Morgan fingerprint density at radius 2 is 1.84 bits per heavy atom. The van der Waals surface area contributed by atoms with Gasteiger partial charge in [0.25, 0.3) is 5.82 Å². The van der Waals surface area contributed by atoms with Crippen molar-refractivity contribution in [2.45, 2.75) is 45.2 Å². The molecule has 0 radical (unpaired) electrons. The summed E-state index contributed by atoms with van der Waals surface area (Å²) in [5.74, 6) is 1.29. The van der Waals surface area contributed by atoms with Crippen LogP contribution in [-0.2, 0) is 26.2 Å². The Bertz CT molecular complexity index is 345. The SMILES string of the molecule is CCCCc1[nH]cc[n+]1CCC[Si](OC)(OC)OC. The van der Waals surface area contributed by atoms with Gasteiger partial charge in [0.2, 0.25) is 0 Å². The first-order valence-corrected chi connectivity index (χ1v) is 8.85. The van der Waals surface area contributed by atoms with Crippen LogP contribution in [0.2, 0.25) is 6.04 Å². The van der Waals surface area contributed by atoms with Gasteiger partial charge < -0.3 is 13.3 Å². The van der Waals surface area contributed by atoms with E-state index in [0.717, 1.165) is 25.4 Å². The first-order valence-electron chi connectivity index (χ1n) is 6.92. The second-order valence-electron chi connectivity index (χ2n) is 4.60. The number of hydrogen-bond donors (Lipinski definition) is 1. The molecule has 0 aliphatic carbocycles. The molecule has 0 spiro atoms. The number of rotatable bonds is 10. The third kappa shape index (κ3) is 4.72. The number of aryl methyl sites for hydroxylation is 2. The summed E-state index contributed by atoms with van der Waals surface area (Å²) in [6.07, 6.45) is 8.62. The van der Waals surface area contributed by atoms with Crippen LogP contribution in [-0.4, -0.2) is 35.1 Å². The number of nitrogens with zero attached hydrogens (tertiary/aromatic N) is 1. The van der Waals surface area contributed by atoms with Gasteiger partial charge in [0.05, 0.1) is 6.54 Å². The summed E-state index contributed by atoms with van der Waals surface area (Å²) in [5, 5.41) is 0. The Morgan fingerprint density at radius 1 is 1.16 bits per heavy atom. The van der Waals surface area contributed by atoms with Gasteiger partial charge in [0.1, 0.15) is 12.4 Å². The molecule has 110 valence electrons. The van der Waals surface area contributed by atoms with Gasteiger partial charge >= 0.3 is 8.80 Å². The van der Waals surface area contributed by atoms with Gasteiger partial charge in [-0.15, -0.1) is 0 Å². The molecule has 1 aromatic rings. The van der Waals surface area contributed by atoms with Crippen molar-refractivity contribution in [3.8, 4) is 0 Å². The van der Waals surface area contributed by atoms with Gasteiger partial charge in [-0.05, 0) is 12.8 Å². The molecule has 0 aliphatic rings. The number of imidazole rings is 1. The van der Waals surface area contributed by atoms with Crippen molar-refractivity contribution in [3.05, 3.63) is 18.2 Å². The van der Waals surface area contributed by atoms with Crippen LogP contribution in [0.25, 0.3) is 0 Å². The Morgan fingerprint density at radius 3 is 2.42 bits per heavy atom. The number of nitrogens with one attached hydrogen (secondary N) is 1. The van der Waals surface area contributed by atoms with Crippen molar-refractivity contribution in [2.75, 3.05) is 21.3 Å². The van der Waals surface area contributed by atoms with Crippen molar-refractivity contribution in [3.63, 3.8) is 0 Å². The number of unbranched alkanes of at least 4 members (excludes halogenated alkanes) is 1. The van der Waals surface area contributed by atoms with Gasteiger partial charge in [-0.25, -0.2) is 9.55 Å². The van der Waals surface area contributed by atoms with E-state index in [1.54, 1.807) is 21.3 Å². The van der Waals surface area contributed by atoms with Gasteiger partial charge in [-0.1, -0.05) is 13.3 Å². The van der Waals surface area contributed by atoms with E-state index in [-0.39, 0.29) is 0 Å². The van der Waals surface area contributed by atoms with Crippen molar-refractivity contribution < 1.29 is 17.8 Å². The molecule has 0 saturated carbocycles. The minimum Gasteiger partial charge on any atom is -0.377 e. The maximum atomic E-state index is 5.43. The van der Waals surface area contributed by atoms with Crippen LogP contribution in [0.1, 0.15) is 32.0 Å². The van der Waals surface area contributed by atoms with E-state index in [4.69, 9.17) is 13.3 Å². The van der Waals surface area contributed by atoms with Gasteiger partial charge in [0, 0.05) is 33.8 Å². The third-order valence-corrected chi connectivity index (χ3v) is 6.27. The highest BCUT2D eigenvalue weighted by molar-refractivity contribution is 6.60. The fraction of sp³-hybridized carbons (Fsp3) is 0.769. The number of aromatic amines is 1. The summed E-state index contributed by atoms with van der Waals surface area (Å²) in [7, 11) is 2.57. The molecule has 0 unspecified atom stereocenters. The molecule has 19 heavy (non-hydrogen) atoms. The molecule has 0 fully saturated rings. The van der Waals surface area contributed by atoms with Crippen LogP contribution in [0.3, 0.4) is 0 Å². The summed E-state index contributed by atoms with van der Waals surface area (Å²) in [6, 6.07) is 0.835. The maximum absolute atomic E-state index is 5.43. The van der Waals surface area contributed by atoms with E-state index >= 15 is 0 Å². The molecule has 1 rings (SSSR count). The van der Waals surface area contributed by atoms with E-state index < -0.39 is 8.80 Å². The van der Waals surface area contributed by atoms with Crippen LogP contribution in [0.15, 0.2) is 12.4 Å². The zero-order valence-corrected chi connectivity index (χ0v) is 13.6. The normalized spacial score (nSPS) is 12.0. The smallest absolute Gasteiger partial charge is 0.377 e. The molecule has 0 saturated heterocycles. The van der Waals surface area contributed by atoms with Gasteiger partial charge in [-0.2, -0.15) is 0 Å². The number of aromatic nitrogens is 2. The van der Waals surface area contributed by atoms with Crippen LogP contribution in [0.4, 0.5) is 0 Å². The fourth-order valence-corrected chi connectivity index (χ4v) is 3.89. The lowest BCUT2D eigenvalue weighted by Crippen LogP contribution is -2.44. The molecule has 0 bridgehead atoms. The summed E-state index contributed by atoms with van der Waals surface area (Å²) in [4.78, 5) is 3.31. The Balaban J connectivity index is 2.46. The number of hydrogen-bond acceptors (Lipinski definition) is 3. The highest BCUT2D eigenvalue weighted by Crippen LogP contribution is 2.14. The number of H-pyrrole nitrogens is 1. The largest absolute Gasteiger partial charge is 0.500 e. The Kier molecular flexibility index (Phi) is 7.30. The Labute approximate surface area is 117 Å². The summed E-state index contributed by atoms with van der Waals surface area (Å²) >= 11 is 0. The molecule has 5 nitrogen and oxygen atoms in total. The molecule has 0 aromatic carbocycles. The monoisotopic (exact) mass is 287 g/mol. The van der Waals surface area contributed by atoms with E-state index in [9.17, 15) is 0 Å². The predicted molar refractivity (Wildman–Crippen MR) is 75.8 cm³/mol. The van der Waals surface area contributed by atoms with Crippen LogP contribution >= 0.6 is 0 Å². The topological polar surface area (TPSA) is 47.4 Å². The molecule has 6 heteroatoms. The summed E-state index contributed by atoms with van der Waals surface area (Å²) in [6.45, 7) is 3.18. The molecule has 1 heterocycles. The minimum absolute atomic E-state index is 0.835. The van der Waals surface area contributed by atoms with Crippen LogP contribution < -0.4 is 4.57 Å². The van der Waals surface area contributed by atoms with Crippen molar-refractivity contribution in [2.24, 2.45) is 0 Å².